The molecule has 1 saturated carbocycles. The lowest BCUT2D eigenvalue weighted by atomic mass is 9.74. The molecule has 1 aromatic heterocycles. The van der Waals surface area contributed by atoms with Crippen molar-refractivity contribution in [2.24, 2.45) is 5.73 Å². The maximum absolute atomic E-state index is 6.01. The SMILES string of the molecule is COc1ccc(-c2noc(C3(CN)CCCCC3)n2)cc1. The van der Waals surface area contributed by atoms with Crippen molar-refractivity contribution >= 4 is 0 Å². The second kappa shape index (κ2) is 5.85. The van der Waals surface area contributed by atoms with Crippen LogP contribution in [0.5, 0.6) is 5.75 Å². The highest BCUT2D eigenvalue weighted by Crippen LogP contribution is 2.38. The van der Waals surface area contributed by atoms with Gasteiger partial charge in [0.05, 0.1) is 12.5 Å². The largest absolute Gasteiger partial charge is 0.497 e. The molecular formula is C16H21N3O2. The molecule has 0 saturated heterocycles. The number of hydrogen-bond donors (Lipinski definition) is 1. The van der Waals surface area contributed by atoms with Gasteiger partial charge in [-0.05, 0) is 37.1 Å². The molecule has 0 amide bonds. The molecular weight excluding hydrogens is 266 g/mol. The molecule has 0 radical (unpaired) electrons. The highest BCUT2D eigenvalue weighted by molar-refractivity contribution is 5.55. The van der Waals surface area contributed by atoms with Gasteiger partial charge in [0.25, 0.3) is 0 Å². The van der Waals surface area contributed by atoms with Crippen molar-refractivity contribution in [2.75, 3.05) is 13.7 Å². The van der Waals surface area contributed by atoms with Crippen LogP contribution in [-0.2, 0) is 5.41 Å². The molecule has 5 nitrogen and oxygen atoms in total. The average Bonchev–Trinajstić information content (AvgIpc) is 3.06. The van der Waals surface area contributed by atoms with Gasteiger partial charge in [0, 0.05) is 12.1 Å². The van der Waals surface area contributed by atoms with Gasteiger partial charge in [0.2, 0.25) is 11.7 Å². The van der Waals surface area contributed by atoms with E-state index in [1.165, 1.54) is 19.3 Å². The topological polar surface area (TPSA) is 74.2 Å². The maximum atomic E-state index is 6.01. The molecule has 2 N–H and O–H groups in total. The highest BCUT2D eigenvalue weighted by atomic mass is 16.5. The van der Waals surface area contributed by atoms with Crippen LogP contribution >= 0.6 is 0 Å². The average molecular weight is 287 g/mol. The van der Waals surface area contributed by atoms with E-state index < -0.39 is 0 Å². The summed E-state index contributed by atoms with van der Waals surface area (Å²) in [5.41, 5.74) is 6.81. The van der Waals surface area contributed by atoms with Crippen LogP contribution in [0.2, 0.25) is 0 Å². The fraction of sp³-hybridized carbons (Fsp3) is 0.500. The van der Waals surface area contributed by atoms with Crippen molar-refractivity contribution < 1.29 is 9.26 Å². The van der Waals surface area contributed by atoms with E-state index in [1.807, 2.05) is 24.3 Å². The molecule has 1 fully saturated rings. The minimum absolute atomic E-state index is 0.129. The van der Waals surface area contributed by atoms with Crippen molar-refractivity contribution in [2.45, 2.75) is 37.5 Å². The van der Waals surface area contributed by atoms with Crippen LogP contribution in [0.25, 0.3) is 11.4 Å². The molecule has 112 valence electrons. The first-order valence-corrected chi connectivity index (χ1v) is 7.46. The zero-order valence-electron chi connectivity index (χ0n) is 12.3. The summed E-state index contributed by atoms with van der Waals surface area (Å²) in [6, 6.07) is 7.66. The highest BCUT2D eigenvalue weighted by Gasteiger charge is 2.38. The summed E-state index contributed by atoms with van der Waals surface area (Å²) in [5, 5.41) is 4.13. The summed E-state index contributed by atoms with van der Waals surface area (Å²) in [4.78, 5) is 4.60. The first kappa shape index (κ1) is 14.1. The van der Waals surface area contributed by atoms with Gasteiger partial charge in [-0.2, -0.15) is 4.98 Å². The van der Waals surface area contributed by atoms with Crippen LogP contribution in [-0.4, -0.2) is 23.8 Å². The molecule has 0 unspecified atom stereocenters. The Bertz CT molecular complexity index is 586. The van der Waals surface area contributed by atoms with E-state index in [0.29, 0.717) is 18.3 Å². The van der Waals surface area contributed by atoms with Crippen molar-refractivity contribution in [1.82, 2.24) is 10.1 Å². The molecule has 0 aliphatic heterocycles. The number of nitrogens with zero attached hydrogens (tertiary/aromatic N) is 2. The summed E-state index contributed by atoms with van der Waals surface area (Å²) < 4.78 is 10.7. The van der Waals surface area contributed by atoms with Gasteiger partial charge >= 0.3 is 0 Å². The Balaban J connectivity index is 1.87. The predicted octanol–water partition coefficient (Wildman–Crippen LogP) is 2.91. The Labute approximate surface area is 124 Å². The standard InChI is InChI=1S/C16H21N3O2/c1-20-13-7-5-12(6-8-13)14-18-15(21-19-14)16(11-17)9-3-2-4-10-16/h5-8H,2-4,9-11,17H2,1H3. The van der Waals surface area contributed by atoms with Gasteiger partial charge in [-0.15, -0.1) is 0 Å². The second-order valence-electron chi connectivity index (χ2n) is 5.70. The number of nitrogens with two attached hydrogens (primary N) is 1. The van der Waals surface area contributed by atoms with Crippen molar-refractivity contribution in [1.29, 1.82) is 0 Å². The Kier molecular flexibility index (Phi) is 3.92. The first-order chi connectivity index (χ1) is 10.3. The molecule has 0 bridgehead atoms. The molecule has 1 aliphatic carbocycles. The fourth-order valence-electron chi connectivity index (χ4n) is 3.03. The Morgan fingerprint density at radius 2 is 1.90 bits per heavy atom. The summed E-state index contributed by atoms with van der Waals surface area (Å²) in [5.74, 6) is 2.12. The lowest BCUT2D eigenvalue weighted by Crippen LogP contribution is -2.37. The van der Waals surface area contributed by atoms with Crippen LogP contribution < -0.4 is 10.5 Å². The third-order valence-electron chi connectivity index (χ3n) is 4.43. The minimum atomic E-state index is -0.129. The molecule has 2 aromatic rings. The zero-order chi connectivity index (χ0) is 14.7. The summed E-state index contributed by atoms with van der Waals surface area (Å²) in [6.45, 7) is 0.567. The van der Waals surface area contributed by atoms with Crippen LogP contribution in [0.15, 0.2) is 28.8 Å². The Morgan fingerprint density at radius 1 is 1.19 bits per heavy atom. The molecule has 5 heteroatoms. The summed E-state index contributed by atoms with van der Waals surface area (Å²) in [6.07, 6.45) is 5.69. The number of rotatable bonds is 4. The molecule has 21 heavy (non-hydrogen) atoms. The molecule has 0 spiro atoms. The van der Waals surface area contributed by atoms with Gasteiger partial charge < -0.3 is 15.0 Å². The molecule has 1 aromatic carbocycles. The maximum Gasteiger partial charge on any atom is 0.234 e. The van der Waals surface area contributed by atoms with E-state index in [9.17, 15) is 0 Å². The molecule has 1 aliphatic rings. The van der Waals surface area contributed by atoms with Crippen LogP contribution in [0.3, 0.4) is 0 Å². The van der Waals surface area contributed by atoms with E-state index >= 15 is 0 Å². The number of hydrogen-bond acceptors (Lipinski definition) is 5. The molecule has 3 rings (SSSR count). The van der Waals surface area contributed by atoms with Gasteiger partial charge in [-0.25, -0.2) is 0 Å². The number of methoxy groups -OCH3 is 1. The van der Waals surface area contributed by atoms with E-state index in [-0.39, 0.29) is 5.41 Å². The second-order valence-corrected chi connectivity index (χ2v) is 5.70. The number of ether oxygens (including phenoxy) is 1. The van der Waals surface area contributed by atoms with E-state index in [1.54, 1.807) is 7.11 Å². The van der Waals surface area contributed by atoms with Crippen LogP contribution in [0.1, 0.15) is 38.0 Å². The molecule has 1 heterocycles. The van der Waals surface area contributed by atoms with Crippen LogP contribution in [0.4, 0.5) is 0 Å². The third kappa shape index (κ3) is 2.65. The Hall–Kier alpha value is -1.88. The van der Waals surface area contributed by atoms with Gasteiger partial charge in [-0.3, -0.25) is 0 Å². The quantitative estimate of drug-likeness (QED) is 0.936. The van der Waals surface area contributed by atoms with Crippen molar-refractivity contribution in [3.63, 3.8) is 0 Å². The zero-order valence-corrected chi connectivity index (χ0v) is 12.3. The van der Waals surface area contributed by atoms with E-state index in [2.05, 4.69) is 10.1 Å². The summed E-state index contributed by atoms with van der Waals surface area (Å²) >= 11 is 0. The molecule has 0 atom stereocenters. The van der Waals surface area contributed by atoms with E-state index in [4.69, 9.17) is 15.0 Å². The monoisotopic (exact) mass is 287 g/mol. The number of aromatic nitrogens is 2. The van der Waals surface area contributed by atoms with Crippen LogP contribution in [0, 0.1) is 0 Å². The lowest BCUT2D eigenvalue weighted by Gasteiger charge is -2.32. The fourth-order valence-corrected chi connectivity index (χ4v) is 3.03. The predicted molar refractivity (Wildman–Crippen MR) is 80.1 cm³/mol. The minimum Gasteiger partial charge on any atom is -0.497 e. The van der Waals surface area contributed by atoms with Gasteiger partial charge in [-0.1, -0.05) is 24.4 Å². The smallest absolute Gasteiger partial charge is 0.234 e. The van der Waals surface area contributed by atoms with Crippen molar-refractivity contribution in [3.05, 3.63) is 30.2 Å². The van der Waals surface area contributed by atoms with Crippen molar-refractivity contribution in [3.8, 4) is 17.1 Å². The number of benzene rings is 1. The van der Waals surface area contributed by atoms with Gasteiger partial charge in [0.1, 0.15) is 5.75 Å². The van der Waals surface area contributed by atoms with Gasteiger partial charge in [0.15, 0.2) is 0 Å². The normalized spacial score (nSPS) is 17.6. The lowest BCUT2D eigenvalue weighted by molar-refractivity contribution is 0.220. The third-order valence-corrected chi connectivity index (χ3v) is 4.43. The summed E-state index contributed by atoms with van der Waals surface area (Å²) in [7, 11) is 1.65. The van der Waals surface area contributed by atoms with E-state index in [0.717, 1.165) is 24.2 Å². The first-order valence-electron chi connectivity index (χ1n) is 7.46. The Morgan fingerprint density at radius 3 is 2.52 bits per heavy atom.